The number of Topliss-reactive ketones (excluding diaryl/α,β-unsaturated/α-hetero) is 1. The minimum absolute atomic E-state index is 0.0386. The van der Waals surface area contributed by atoms with Gasteiger partial charge in [-0.2, -0.15) is 0 Å². The minimum atomic E-state index is -0.575. The van der Waals surface area contributed by atoms with Crippen LogP contribution >= 0.6 is 11.3 Å². The Bertz CT molecular complexity index is 882. The molecular weight excluding hydrogens is 354 g/mol. The number of hydrogen-bond donors (Lipinski definition) is 2. The van der Waals surface area contributed by atoms with Gasteiger partial charge < -0.3 is 10.8 Å². The van der Waals surface area contributed by atoms with Crippen molar-refractivity contribution in [3.05, 3.63) is 82.0 Å². The van der Waals surface area contributed by atoms with Crippen LogP contribution in [-0.4, -0.2) is 23.0 Å². The highest BCUT2D eigenvalue weighted by molar-refractivity contribution is 7.14. The predicted octanol–water partition coefficient (Wildman–Crippen LogP) is 4.48. The van der Waals surface area contributed by atoms with Gasteiger partial charge in [-0.15, -0.1) is 11.3 Å². The van der Waals surface area contributed by atoms with Crippen LogP contribution in [0.4, 0.5) is 0 Å². The van der Waals surface area contributed by atoms with Gasteiger partial charge >= 0.3 is 0 Å². The van der Waals surface area contributed by atoms with Crippen molar-refractivity contribution in [3.8, 4) is 11.1 Å². The quantitative estimate of drug-likeness (QED) is 0.567. The summed E-state index contributed by atoms with van der Waals surface area (Å²) in [6.45, 7) is 1.80. The average Bonchev–Trinajstić information content (AvgIpc) is 3.17. The van der Waals surface area contributed by atoms with Gasteiger partial charge in [0.25, 0.3) is 0 Å². The first-order valence-corrected chi connectivity index (χ1v) is 9.94. The number of carbonyl (C=O) groups excluding carboxylic acids is 1. The van der Waals surface area contributed by atoms with Gasteiger partial charge in [0.1, 0.15) is 0 Å². The van der Waals surface area contributed by atoms with Crippen molar-refractivity contribution in [2.24, 2.45) is 5.73 Å². The van der Waals surface area contributed by atoms with E-state index in [4.69, 9.17) is 5.73 Å². The molecule has 4 heteroatoms. The first kappa shape index (κ1) is 19.5. The summed E-state index contributed by atoms with van der Waals surface area (Å²) in [6.07, 6.45) is 1.87. The molecule has 1 atom stereocenters. The molecule has 0 saturated heterocycles. The Morgan fingerprint density at radius 2 is 1.67 bits per heavy atom. The Labute approximate surface area is 164 Å². The summed E-state index contributed by atoms with van der Waals surface area (Å²) in [7, 11) is 0. The number of nitrogens with two attached hydrogens (primary N) is 1. The van der Waals surface area contributed by atoms with E-state index in [-0.39, 0.29) is 12.4 Å². The summed E-state index contributed by atoms with van der Waals surface area (Å²) in [5.74, 6) is 0.136. The molecule has 2 aromatic carbocycles. The van der Waals surface area contributed by atoms with Gasteiger partial charge in [0.2, 0.25) is 0 Å². The van der Waals surface area contributed by atoms with Crippen LogP contribution in [0.2, 0.25) is 0 Å². The lowest BCUT2D eigenvalue weighted by Crippen LogP contribution is -2.40. The zero-order chi connectivity index (χ0) is 19.3. The molecule has 27 heavy (non-hydrogen) atoms. The first-order chi connectivity index (χ1) is 13.0. The summed E-state index contributed by atoms with van der Waals surface area (Å²) < 4.78 is 0. The molecular formula is C23H25NO2S. The molecule has 3 N–H and O–H groups in total. The zero-order valence-corrected chi connectivity index (χ0v) is 16.3. The molecule has 0 radical (unpaired) electrons. The molecule has 1 unspecified atom stereocenters. The van der Waals surface area contributed by atoms with Gasteiger partial charge in [0, 0.05) is 16.8 Å². The molecule has 0 spiro atoms. The van der Waals surface area contributed by atoms with Gasteiger partial charge in [0.15, 0.2) is 5.78 Å². The fourth-order valence-corrected chi connectivity index (χ4v) is 3.81. The van der Waals surface area contributed by atoms with Crippen molar-refractivity contribution in [2.75, 3.05) is 6.61 Å². The molecule has 0 fully saturated rings. The number of carbonyl (C=O) groups is 1. The van der Waals surface area contributed by atoms with Gasteiger partial charge in [-0.25, -0.2) is 0 Å². The van der Waals surface area contributed by atoms with Crippen LogP contribution in [0.25, 0.3) is 11.1 Å². The highest BCUT2D eigenvalue weighted by Crippen LogP contribution is 2.23. The van der Waals surface area contributed by atoms with E-state index in [0.29, 0.717) is 12.8 Å². The number of ketones is 1. The van der Waals surface area contributed by atoms with Crippen molar-refractivity contribution in [2.45, 2.75) is 31.7 Å². The van der Waals surface area contributed by atoms with Crippen molar-refractivity contribution < 1.29 is 9.90 Å². The molecule has 0 amide bonds. The molecule has 0 saturated carbocycles. The molecule has 0 bridgehead atoms. The summed E-state index contributed by atoms with van der Waals surface area (Å²) >= 11 is 1.52. The van der Waals surface area contributed by atoms with E-state index in [9.17, 15) is 9.90 Å². The maximum absolute atomic E-state index is 12.6. The van der Waals surface area contributed by atoms with Crippen molar-refractivity contribution >= 4 is 17.1 Å². The Morgan fingerprint density at radius 1 is 1.00 bits per heavy atom. The molecule has 140 valence electrons. The topological polar surface area (TPSA) is 63.3 Å². The molecule has 3 rings (SSSR count). The second kappa shape index (κ2) is 8.61. The van der Waals surface area contributed by atoms with Crippen LogP contribution in [0.1, 0.15) is 33.5 Å². The third-order valence-corrected chi connectivity index (χ3v) is 5.85. The van der Waals surface area contributed by atoms with E-state index in [1.807, 2.05) is 49.4 Å². The number of thiophene rings is 1. The fraction of sp³-hybridized carbons (Fsp3) is 0.261. The number of hydrogen-bond acceptors (Lipinski definition) is 4. The Balaban J connectivity index is 1.61. The van der Waals surface area contributed by atoms with Crippen molar-refractivity contribution in [3.63, 3.8) is 0 Å². The summed E-state index contributed by atoms with van der Waals surface area (Å²) in [6, 6.07) is 22.3. The van der Waals surface area contributed by atoms with E-state index >= 15 is 0 Å². The van der Waals surface area contributed by atoms with Crippen LogP contribution < -0.4 is 5.73 Å². The van der Waals surface area contributed by atoms with Gasteiger partial charge in [-0.05, 0) is 48.6 Å². The number of aryl methyl sites for hydroxylation is 1. The summed E-state index contributed by atoms with van der Waals surface area (Å²) in [5, 5.41) is 9.25. The molecule has 1 aromatic heterocycles. The van der Waals surface area contributed by atoms with Crippen molar-refractivity contribution in [1.29, 1.82) is 0 Å². The van der Waals surface area contributed by atoms with Gasteiger partial charge in [0.05, 0.1) is 11.5 Å². The molecule has 3 nitrogen and oxygen atoms in total. The zero-order valence-electron chi connectivity index (χ0n) is 15.5. The number of aliphatic hydroxyl groups is 1. The fourth-order valence-electron chi connectivity index (χ4n) is 2.87. The number of benzene rings is 2. The van der Waals surface area contributed by atoms with Crippen LogP contribution in [0, 0.1) is 0 Å². The lowest BCUT2D eigenvalue weighted by Gasteiger charge is -2.20. The lowest BCUT2D eigenvalue weighted by atomic mass is 9.98. The second-order valence-electron chi connectivity index (χ2n) is 7.24. The third-order valence-electron chi connectivity index (χ3n) is 4.67. The standard InChI is InChI=1S/C23H25NO2S/c1-23(24,16-25)14-13-20-11-12-22(27-20)21(26)15-17-7-9-19(10-8-17)18-5-3-2-4-6-18/h2-12,25H,13-16,24H2,1H3. The molecule has 1 heterocycles. The minimum Gasteiger partial charge on any atom is -0.394 e. The number of rotatable bonds is 8. The lowest BCUT2D eigenvalue weighted by molar-refractivity contribution is 0.0997. The highest BCUT2D eigenvalue weighted by atomic mass is 32.1. The average molecular weight is 380 g/mol. The maximum Gasteiger partial charge on any atom is 0.177 e. The Morgan fingerprint density at radius 3 is 2.33 bits per heavy atom. The Kier molecular flexibility index (Phi) is 6.22. The maximum atomic E-state index is 12.6. The predicted molar refractivity (Wildman–Crippen MR) is 112 cm³/mol. The van der Waals surface area contributed by atoms with Crippen LogP contribution in [0.3, 0.4) is 0 Å². The third kappa shape index (κ3) is 5.36. The van der Waals surface area contributed by atoms with Crippen LogP contribution in [0.15, 0.2) is 66.7 Å². The van der Waals surface area contributed by atoms with E-state index in [0.717, 1.165) is 27.3 Å². The molecule has 0 aliphatic heterocycles. The normalized spacial score (nSPS) is 13.3. The monoisotopic (exact) mass is 379 g/mol. The van der Waals surface area contributed by atoms with E-state index in [1.54, 1.807) is 0 Å². The molecule has 3 aromatic rings. The van der Waals surface area contributed by atoms with E-state index < -0.39 is 5.54 Å². The highest BCUT2D eigenvalue weighted by Gasteiger charge is 2.18. The van der Waals surface area contributed by atoms with Gasteiger partial charge in [-0.1, -0.05) is 54.6 Å². The van der Waals surface area contributed by atoms with Gasteiger partial charge in [-0.3, -0.25) is 4.79 Å². The SMILES string of the molecule is CC(N)(CO)CCc1ccc(C(=O)Cc2ccc(-c3ccccc3)cc2)s1. The number of aliphatic hydroxyl groups excluding tert-OH is 1. The molecule has 0 aliphatic carbocycles. The van der Waals surface area contributed by atoms with E-state index in [1.165, 1.54) is 16.9 Å². The first-order valence-electron chi connectivity index (χ1n) is 9.13. The van der Waals surface area contributed by atoms with E-state index in [2.05, 4.69) is 24.3 Å². The summed E-state index contributed by atoms with van der Waals surface area (Å²) in [5.41, 5.74) is 8.74. The Hall–Kier alpha value is -2.27. The van der Waals surface area contributed by atoms with Crippen LogP contribution in [0.5, 0.6) is 0 Å². The second-order valence-corrected chi connectivity index (χ2v) is 8.41. The smallest absolute Gasteiger partial charge is 0.177 e. The summed E-state index contributed by atoms with van der Waals surface area (Å²) in [4.78, 5) is 14.5. The van der Waals surface area contributed by atoms with Crippen molar-refractivity contribution in [1.82, 2.24) is 0 Å². The largest absolute Gasteiger partial charge is 0.394 e. The molecule has 0 aliphatic rings. The van der Waals surface area contributed by atoms with Crippen LogP contribution in [-0.2, 0) is 12.8 Å².